The summed E-state index contributed by atoms with van der Waals surface area (Å²) >= 11 is 0. The van der Waals surface area contributed by atoms with Crippen LogP contribution in [0.5, 0.6) is 11.5 Å². The lowest BCUT2D eigenvalue weighted by Gasteiger charge is -2.15. The lowest BCUT2D eigenvalue weighted by molar-refractivity contribution is -0.397. The number of nitro groups is 2. The maximum Gasteiger partial charge on any atom is 0.573 e. The SMILES string of the molecule is O=[N+]([O-])c1cc(OC(F)(F)F)c(OC(F)(F)F)c([N+](=O)[O-])c1. The van der Waals surface area contributed by atoms with Gasteiger partial charge in [-0.1, -0.05) is 0 Å². The molecule has 0 fully saturated rings. The largest absolute Gasteiger partial charge is 0.573 e. The van der Waals surface area contributed by atoms with Gasteiger partial charge in [-0.15, -0.1) is 26.3 Å². The molecular formula is C8H2F6N2O6. The predicted octanol–water partition coefficient (Wildman–Crippen LogP) is 3.30. The first-order chi connectivity index (χ1) is 9.80. The number of non-ortho nitro benzene ring substituents is 1. The highest BCUT2D eigenvalue weighted by Crippen LogP contribution is 2.45. The Bertz CT molecular complexity index is 612. The average molecular weight is 336 g/mol. The van der Waals surface area contributed by atoms with Crippen LogP contribution in [-0.2, 0) is 0 Å². The van der Waals surface area contributed by atoms with Gasteiger partial charge >= 0.3 is 18.4 Å². The minimum atomic E-state index is -5.59. The van der Waals surface area contributed by atoms with Gasteiger partial charge in [-0.2, -0.15) is 0 Å². The molecule has 0 unspecified atom stereocenters. The van der Waals surface area contributed by atoms with Gasteiger partial charge in [0, 0.05) is 0 Å². The van der Waals surface area contributed by atoms with Crippen LogP contribution in [0.25, 0.3) is 0 Å². The van der Waals surface area contributed by atoms with E-state index in [0.29, 0.717) is 0 Å². The van der Waals surface area contributed by atoms with Gasteiger partial charge in [0.15, 0.2) is 5.75 Å². The second-order valence-corrected chi connectivity index (χ2v) is 3.40. The molecule has 0 saturated carbocycles. The van der Waals surface area contributed by atoms with Gasteiger partial charge in [-0.3, -0.25) is 20.2 Å². The van der Waals surface area contributed by atoms with Crippen molar-refractivity contribution in [1.29, 1.82) is 0 Å². The van der Waals surface area contributed by atoms with Crippen molar-refractivity contribution in [3.05, 3.63) is 32.4 Å². The first-order valence-corrected chi connectivity index (χ1v) is 4.78. The number of hydrogen-bond acceptors (Lipinski definition) is 6. The van der Waals surface area contributed by atoms with Crippen LogP contribution in [0, 0.1) is 20.2 Å². The monoisotopic (exact) mass is 336 g/mol. The van der Waals surface area contributed by atoms with E-state index >= 15 is 0 Å². The fourth-order valence-electron chi connectivity index (χ4n) is 1.23. The summed E-state index contributed by atoms with van der Waals surface area (Å²) in [5.41, 5.74) is -3.01. The van der Waals surface area contributed by atoms with Crippen LogP contribution in [0.3, 0.4) is 0 Å². The second-order valence-electron chi connectivity index (χ2n) is 3.40. The average Bonchev–Trinajstić information content (AvgIpc) is 2.26. The van der Waals surface area contributed by atoms with Crippen molar-refractivity contribution in [2.24, 2.45) is 0 Å². The number of benzene rings is 1. The Morgan fingerprint density at radius 2 is 1.36 bits per heavy atom. The lowest BCUT2D eigenvalue weighted by Crippen LogP contribution is -2.22. The van der Waals surface area contributed by atoms with Gasteiger partial charge in [0.05, 0.1) is 22.0 Å². The maximum atomic E-state index is 12.1. The van der Waals surface area contributed by atoms with E-state index in [4.69, 9.17) is 0 Å². The van der Waals surface area contributed by atoms with Crippen LogP contribution < -0.4 is 9.47 Å². The molecule has 1 aromatic carbocycles. The first kappa shape index (κ1) is 17.3. The van der Waals surface area contributed by atoms with E-state index in [2.05, 4.69) is 9.47 Å². The Morgan fingerprint density at radius 1 is 0.864 bits per heavy atom. The summed E-state index contributed by atoms with van der Waals surface area (Å²) < 4.78 is 79.0. The minimum absolute atomic E-state index is 0.00427. The molecule has 0 bridgehead atoms. The Kier molecular flexibility index (Phi) is 4.34. The minimum Gasteiger partial charge on any atom is -0.401 e. The van der Waals surface area contributed by atoms with Gasteiger partial charge in [-0.25, -0.2) is 0 Å². The predicted molar refractivity (Wildman–Crippen MR) is 53.1 cm³/mol. The number of ether oxygens (including phenoxy) is 2. The Balaban J connectivity index is 3.59. The Labute approximate surface area is 115 Å². The smallest absolute Gasteiger partial charge is 0.401 e. The third kappa shape index (κ3) is 4.64. The summed E-state index contributed by atoms with van der Waals surface area (Å²) in [6.45, 7) is 0. The van der Waals surface area contributed by atoms with Gasteiger partial charge < -0.3 is 9.47 Å². The molecule has 0 aliphatic heterocycles. The summed E-state index contributed by atoms with van der Waals surface area (Å²) in [4.78, 5) is 18.1. The Morgan fingerprint density at radius 3 is 1.73 bits per heavy atom. The summed E-state index contributed by atoms with van der Waals surface area (Å²) in [6, 6.07) is -0.0775. The van der Waals surface area contributed by atoms with E-state index in [9.17, 15) is 46.6 Å². The molecule has 0 saturated heterocycles. The molecule has 0 aliphatic rings. The summed E-state index contributed by atoms with van der Waals surface area (Å²) in [5.74, 6) is -3.83. The number of halogens is 6. The van der Waals surface area contributed by atoms with Gasteiger partial charge in [0.2, 0.25) is 5.75 Å². The van der Waals surface area contributed by atoms with E-state index in [1.165, 1.54) is 0 Å². The van der Waals surface area contributed by atoms with Crippen molar-refractivity contribution < 1.29 is 45.7 Å². The van der Waals surface area contributed by atoms with Crippen LogP contribution in [0.2, 0.25) is 0 Å². The standard InChI is InChI=1S/C8H2F6N2O6/c9-7(10,11)21-5-2-3(15(17)18)1-4(16(19)20)6(5)22-8(12,13)14/h1-2H. The van der Waals surface area contributed by atoms with Crippen molar-refractivity contribution in [2.75, 3.05) is 0 Å². The molecule has 22 heavy (non-hydrogen) atoms. The molecule has 0 aromatic heterocycles. The number of hydrogen-bond donors (Lipinski definition) is 0. The topological polar surface area (TPSA) is 105 Å². The number of nitro benzene ring substituents is 2. The van der Waals surface area contributed by atoms with Gasteiger partial charge in [-0.05, 0) is 0 Å². The Hall–Kier alpha value is -2.80. The molecule has 0 amide bonds. The van der Waals surface area contributed by atoms with Crippen molar-refractivity contribution >= 4 is 11.4 Å². The molecule has 122 valence electrons. The maximum absolute atomic E-state index is 12.1. The normalized spacial score (nSPS) is 11.9. The molecule has 0 atom stereocenters. The van der Waals surface area contributed by atoms with Crippen LogP contribution in [0.4, 0.5) is 37.7 Å². The molecule has 0 heterocycles. The highest BCUT2D eigenvalue weighted by molar-refractivity contribution is 5.62. The molecule has 8 nitrogen and oxygen atoms in total. The highest BCUT2D eigenvalue weighted by Gasteiger charge is 2.41. The van der Waals surface area contributed by atoms with Crippen LogP contribution in [0.15, 0.2) is 12.1 Å². The molecule has 0 radical (unpaired) electrons. The number of rotatable bonds is 4. The second kappa shape index (κ2) is 5.53. The highest BCUT2D eigenvalue weighted by atomic mass is 19.4. The van der Waals surface area contributed by atoms with Crippen molar-refractivity contribution in [3.63, 3.8) is 0 Å². The third-order valence-corrected chi connectivity index (χ3v) is 1.87. The van der Waals surface area contributed by atoms with E-state index in [1.807, 2.05) is 0 Å². The molecule has 0 N–H and O–H groups in total. The number of alkyl halides is 6. The van der Waals surface area contributed by atoms with Crippen LogP contribution in [0.1, 0.15) is 0 Å². The first-order valence-electron chi connectivity index (χ1n) is 4.78. The van der Waals surface area contributed by atoms with Crippen molar-refractivity contribution in [2.45, 2.75) is 12.7 Å². The lowest BCUT2D eigenvalue weighted by atomic mass is 10.2. The van der Waals surface area contributed by atoms with Crippen molar-refractivity contribution in [1.82, 2.24) is 0 Å². The number of nitrogens with zero attached hydrogens (tertiary/aromatic N) is 2. The molecule has 1 aromatic rings. The van der Waals surface area contributed by atoms with E-state index in [1.54, 1.807) is 0 Å². The molecule has 0 aliphatic carbocycles. The molecule has 14 heteroatoms. The third-order valence-electron chi connectivity index (χ3n) is 1.87. The van der Waals surface area contributed by atoms with Crippen LogP contribution >= 0.6 is 0 Å². The van der Waals surface area contributed by atoms with E-state index in [-0.39, 0.29) is 12.1 Å². The molecule has 0 spiro atoms. The quantitative estimate of drug-likeness (QED) is 0.474. The summed E-state index contributed by atoms with van der Waals surface area (Å²) in [5, 5.41) is 21.1. The van der Waals surface area contributed by atoms with Crippen molar-refractivity contribution in [3.8, 4) is 11.5 Å². The van der Waals surface area contributed by atoms with E-state index in [0.717, 1.165) is 0 Å². The van der Waals surface area contributed by atoms with Crippen LogP contribution in [-0.4, -0.2) is 22.6 Å². The fourth-order valence-corrected chi connectivity index (χ4v) is 1.23. The molecule has 1 rings (SSSR count). The zero-order chi connectivity index (χ0) is 17.3. The van der Waals surface area contributed by atoms with E-state index < -0.39 is 45.4 Å². The summed E-state index contributed by atoms with van der Waals surface area (Å²) in [7, 11) is 0. The fraction of sp³-hybridized carbons (Fsp3) is 0.250. The molecular weight excluding hydrogens is 334 g/mol. The van der Waals surface area contributed by atoms with Gasteiger partial charge in [0.25, 0.3) is 5.69 Å². The van der Waals surface area contributed by atoms with Gasteiger partial charge in [0.1, 0.15) is 0 Å². The zero-order valence-electron chi connectivity index (χ0n) is 9.77. The zero-order valence-corrected chi connectivity index (χ0v) is 9.77. The summed E-state index contributed by atoms with van der Waals surface area (Å²) in [6.07, 6.45) is -11.2.